The summed E-state index contributed by atoms with van der Waals surface area (Å²) in [5.41, 5.74) is 4.59. The summed E-state index contributed by atoms with van der Waals surface area (Å²) in [6.45, 7) is 6.17. The Hall–Kier alpha value is -2.72. The van der Waals surface area contributed by atoms with E-state index in [-0.39, 0.29) is 11.7 Å². The molecule has 1 amide bonds. The molecule has 0 atom stereocenters. The van der Waals surface area contributed by atoms with Crippen LogP contribution in [-0.2, 0) is 4.79 Å². The first kappa shape index (κ1) is 19.3. The Labute approximate surface area is 181 Å². The molecular formula is C20H21N7OS2. The number of fused-ring (bicyclic) bond motifs is 3. The standard InChI is InChI=1S/C20H21N7OS2/c1-12-5-6-14(9-13(12)2)22-15(28)10-29-20-25-24-18-16-17(21-11-27(18)20)23-19(30-16)26-7-3-4-8-26/h5-6,9,11H,3-4,7-8,10H2,1-2H3,(H,22,28). The second-order valence-corrected chi connectivity index (χ2v) is 9.32. The van der Waals surface area contributed by atoms with E-state index in [0.29, 0.717) is 10.8 Å². The van der Waals surface area contributed by atoms with Crippen LogP contribution in [0.25, 0.3) is 16.0 Å². The van der Waals surface area contributed by atoms with E-state index in [4.69, 9.17) is 0 Å². The molecule has 0 unspecified atom stereocenters. The van der Waals surface area contributed by atoms with Crippen molar-refractivity contribution in [3.05, 3.63) is 35.7 Å². The second-order valence-electron chi connectivity index (χ2n) is 7.40. The quantitative estimate of drug-likeness (QED) is 0.475. The molecule has 3 aromatic heterocycles. The van der Waals surface area contributed by atoms with Gasteiger partial charge in [-0.2, -0.15) is 4.98 Å². The van der Waals surface area contributed by atoms with Gasteiger partial charge in [0, 0.05) is 18.8 Å². The Bertz CT molecular complexity index is 1240. The van der Waals surface area contributed by atoms with Gasteiger partial charge in [0.15, 0.2) is 21.6 Å². The topological polar surface area (TPSA) is 88.3 Å². The van der Waals surface area contributed by atoms with Crippen molar-refractivity contribution in [1.82, 2.24) is 24.6 Å². The summed E-state index contributed by atoms with van der Waals surface area (Å²) in [6.07, 6.45) is 4.10. The third-order valence-corrected chi connectivity index (χ3v) is 7.31. The van der Waals surface area contributed by atoms with Crippen LogP contribution in [0.2, 0.25) is 0 Å². The van der Waals surface area contributed by atoms with E-state index in [1.54, 1.807) is 17.7 Å². The summed E-state index contributed by atoms with van der Waals surface area (Å²) in [5, 5.41) is 13.2. The van der Waals surface area contributed by atoms with E-state index >= 15 is 0 Å². The largest absolute Gasteiger partial charge is 0.348 e. The van der Waals surface area contributed by atoms with Crippen molar-refractivity contribution in [1.29, 1.82) is 0 Å². The van der Waals surface area contributed by atoms with Gasteiger partial charge in [-0.25, -0.2) is 4.98 Å². The zero-order chi connectivity index (χ0) is 20.7. The SMILES string of the molecule is Cc1ccc(NC(=O)CSc2nnc3c4sc(N5CCCC5)nc4ncn23)cc1C. The molecule has 1 fully saturated rings. The van der Waals surface area contributed by atoms with E-state index in [9.17, 15) is 4.79 Å². The minimum absolute atomic E-state index is 0.0804. The zero-order valence-corrected chi connectivity index (χ0v) is 18.4. The summed E-state index contributed by atoms with van der Waals surface area (Å²) in [5.74, 6) is 0.163. The number of anilines is 2. The van der Waals surface area contributed by atoms with Crippen LogP contribution >= 0.6 is 23.1 Å². The van der Waals surface area contributed by atoms with Crippen LogP contribution in [-0.4, -0.2) is 49.3 Å². The zero-order valence-electron chi connectivity index (χ0n) is 16.8. The van der Waals surface area contributed by atoms with Crippen molar-refractivity contribution in [2.45, 2.75) is 31.8 Å². The van der Waals surface area contributed by atoms with Crippen LogP contribution in [0.4, 0.5) is 10.8 Å². The van der Waals surface area contributed by atoms with Gasteiger partial charge in [0.05, 0.1) is 5.75 Å². The third-order valence-electron chi connectivity index (χ3n) is 5.26. The number of aryl methyl sites for hydroxylation is 2. The van der Waals surface area contributed by atoms with Crippen LogP contribution in [0.5, 0.6) is 0 Å². The third kappa shape index (κ3) is 3.61. The number of carbonyl (C=O) groups excluding carboxylic acids is 1. The molecule has 0 bridgehead atoms. The highest BCUT2D eigenvalue weighted by Gasteiger charge is 2.20. The fourth-order valence-corrected chi connectivity index (χ4v) is 5.22. The number of hydrogen-bond donors (Lipinski definition) is 1. The van der Waals surface area contributed by atoms with Crippen LogP contribution in [0, 0.1) is 13.8 Å². The first-order valence-electron chi connectivity index (χ1n) is 9.83. The molecule has 1 aliphatic heterocycles. The van der Waals surface area contributed by atoms with Crippen molar-refractivity contribution in [3.8, 4) is 0 Å². The number of benzene rings is 1. The maximum absolute atomic E-state index is 12.4. The molecule has 10 heteroatoms. The predicted octanol–water partition coefficient (Wildman–Crippen LogP) is 3.68. The highest BCUT2D eigenvalue weighted by Crippen LogP contribution is 2.32. The van der Waals surface area contributed by atoms with E-state index in [2.05, 4.69) is 37.3 Å². The van der Waals surface area contributed by atoms with Gasteiger partial charge in [0.1, 0.15) is 11.0 Å². The molecule has 5 rings (SSSR count). The minimum atomic E-state index is -0.0804. The average Bonchev–Trinajstić information content (AvgIpc) is 3.47. The maximum Gasteiger partial charge on any atom is 0.234 e. The van der Waals surface area contributed by atoms with Crippen LogP contribution in [0.15, 0.2) is 29.7 Å². The fourth-order valence-electron chi connectivity index (χ4n) is 3.47. The summed E-state index contributed by atoms with van der Waals surface area (Å²) in [6, 6.07) is 5.90. The van der Waals surface area contributed by atoms with E-state index in [0.717, 1.165) is 39.8 Å². The molecule has 1 N–H and O–H groups in total. The fraction of sp³-hybridized carbons (Fsp3) is 0.350. The lowest BCUT2D eigenvalue weighted by atomic mass is 10.1. The minimum Gasteiger partial charge on any atom is -0.348 e. The van der Waals surface area contributed by atoms with Gasteiger partial charge >= 0.3 is 0 Å². The molecule has 4 aromatic rings. The number of rotatable bonds is 5. The highest BCUT2D eigenvalue weighted by molar-refractivity contribution is 7.99. The lowest BCUT2D eigenvalue weighted by Gasteiger charge is -2.11. The summed E-state index contributed by atoms with van der Waals surface area (Å²) < 4.78 is 2.76. The molecule has 1 saturated heterocycles. The van der Waals surface area contributed by atoms with Gasteiger partial charge in [0.25, 0.3) is 0 Å². The molecule has 0 spiro atoms. The van der Waals surface area contributed by atoms with Crippen molar-refractivity contribution >= 4 is 55.8 Å². The Balaban J connectivity index is 1.32. The van der Waals surface area contributed by atoms with Gasteiger partial charge in [0.2, 0.25) is 5.91 Å². The smallest absolute Gasteiger partial charge is 0.234 e. The number of carbonyl (C=O) groups is 1. The van der Waals surface area contributed by atoms with Crippen molar-refractivity contribution in [2.24, 2.45) is 0 Å². The van der Waals surface area contributed by atoms with Crippen LogP contribution in [0.3, 0.4) is 0 Å². The van der Waals surface area contributed by atoms with Gasteiger partial charge in [-0.1, -0.05) is 29.2 Å². The number of thiazole rings is 1. The molecule has 30 heavy (non-hydrogen) atoms. The molecule has 0 saturated carbocycles. The number of amides is 1. The van der Waals surface area contributed by atoms with Crippen molar-refractivity contribution in [2.75, 3.05) is 29.1 Å². The van der Waals surface area contributed by atoms with E-state index in [1.165, 1.54) is 30.2 Å². The van der Waals surface area contributed by atoms with Crippen molar-refractivity contribution in [3.63, 3.8) is 0 Å². The lowest BCUT2D eigenvalue weighted by Crippen LogP contribution is -2.16. The molecule has 154 valence electrons. The number of nitrogens with one attached hydrogen (secondary N) is 1. The molecular weight excluding hydrogens is 418 g/mol. The molecule has 8 nitrogen and oxygen atoms in total. The number of nitrogens with zero attached hydrogens (tertiary/aromatic N) is 6. The Kier molecular flexibility index (Phi) is 5.03. The summed E-state index contributed by atoms with van der Waals surface area (Å²) in [4.78, 5) is 23.8. The molecule has 1 aliphatic rings. The van der Waals surface area contributed by atoms with Crippen LogP contribution < -0.4 is 10.2 Å². The van der Waals surface area contributed by atoms with Gasteiger partial charge in [-0.3, -0.25) is 9.20 Å². The first-order valence-corrected chi connectivity index (χ1v) is 11.6. The highest BCUT2D eigenvalue weighted by atomic mass is 32.2. The van der Waals surface area contributed by atoms with Crippen LogP contribution in [0.1, 0.15) is 24.0 Å². The summed E-state index contributed by atoms with van der Waals surface area (Å²) >= 11 is 2.95. The van der Waals surface area contributed by atoms with E-state index < -0.39 is 0 Å². The van der Waals surface area contributed by atoms with Gasteiger partial charge in [-0.05, 0) is 49.9 Å². The Morgan fingerprint density at radius 3 is 2.83 bits per heavy atom. The van der Waals surface area contributed by atoms with Gasteiger partial charge < -0.3 is 10.2 Å². The maximum atomic E-state index is 12.4. The first-order chi connectivity index (χ1) is 14.6. The molecule has 4 heterocycles. The number of thioether (sulfide) groups is 1. The molecule has 0 radical (unpaired) electrons. The molecule has 1 aromatic carbocycles. The average molecular weight is 440 g/mol. The monoisotopic (exact) mass is 439 g/mol. The Morgan fingerprint density at radius 1 is 1.20 bits per heavy atom. The number of hydrogen-bond acceptors (Lipinski definition) is 8. The lowest BCUT2D eigenvalue weighted by molar-refractivity contribution is -0.113. The number of aromatic nitrogens is 5. The Morgan fingerprint density at radius 2 is 2.03 bits per heavy atom. The summed E-state index contributed by atoms with van der Waals surface area (Å²) in [7, 11) is 0. The van der Waals surface area contributed by atoms with Crippen molar-refractivity contribution < 1.29 is 4.79 Å². The molecule has 0 aliphatic carbocycles. The normalized spacial score (nSPS) is 14.1. The van der Waals surface area contributed by atoms with Gasteiger partial charge in [-0.15, -0.1) is 10.2 Å². The van der Waals surface area contributed by atoms with E-state index in [1.807, 2.05) is 29.5 Å². The second kappa shape index (κ2) is 7.84. The predicted molar refractivity (Wildman–Crippen MR) is 121 cm³/mol.